The van der Waals surface area contributed by atoms with Crippen LogP contribution >= 0.6 is 11.8 Å². The highest BCUT2D eigenvalue weighted by Crippen LogP contribution is 2.39. The SMILES string of the molecule is CC[C@@H](C)NC(=O)CCN1C(=O)c2cccnc2Sc2ccccc21. The zero-order valence-electron chi connectivity index (χ0n) is 14.4. The van der Waals surface area contributed by atoms with E-state index in [2.05, 4.69) is 10.3 Å². The monoisotopic (exact) mass is 355 g/mol. The number of carbonyl (C=O) groups excluding carboxylic acids is 2. The second-order valence-corrected chi connectivity index (χ2v) is 7.04. The van der Waals surface area contributed by atoms with Gasteiger partial charge >= 0.3 is 0 Å². The number of hydrogen-bond acceptors (Lipinski definition) is 4. The minimum Gasteiger partial charge on any atom is -0.354 e. The summed E-state index contributed by atoms with van der Waals surface area (Å²) in [6, 6.07) is 11.4. The van der Waals surface area contributed by atoms with Crippen molar-refractivity contribution in [2.45, 2.75) is 42.7 Å². The average Bonchev–Trinajstić information content (AvgIpc) is 2.74. The molecule has 3 rings (SSSR count). The molecule has 0 unspecified atom stereocenters. The maximum atomic E-state index is 13.0. The zero-order chi connectivity index (χ0) is 17.8. The number of nitrogens with zero attached hydrogens (tertiary/aromatic N) is 2. The largest absolute Gasteiger partial charge is 0.354 e. The molecule has 0 saturated heterocycles. The third-order valence-electron chi connectivity index (χ3n) is 4.19. The maximum Gasteiger partial charge on any atom is 0.261 e. The van der Waals surface area contributed by atoms with Crippen LogP contribution in [-0.2, 0) is 4.79 Å². The highest BCUT2D eigenvalue weighted by atomic mass is 32.2. The molecule has 1 N–H and O–H groups in total. The number of carbonyl (C=O) groups is 2. The Morgan fingerprint density at radius 2 is 2.08 bits per heavy atom. The number of fused-ring (bicyclic) bond motifs is 2. The topological polar surface area (TPSA) is 62.3 Å². The van der Waals surface area contributed by atoms with Crippen LogP contribution in [0.2, 0.25) is 0 Å². The van der Waals surface area contributed by atoms with Gasteiger partial charge in [-0.1, -0.05) is 30.8 Å². The van der Waals surface area contributed by atoms with E-state index in [1.54, 1.807) is 23.2 Å². The molecule has 1 aromatic carbocycles. The van der Waals surface area contributed by atoms with Crippen LogP contribution in [0.4, 0.5) is 5.69 Å². The smallest absolute Gasteiger partial charge is 0.261 e. The number of nitrogens with one attached hydrogen (secondary N) is 1. The number of benzene rings is 1. The van der Waals surface area contributed by atoms with E-state index in [0.717, 1.165) is 17.0 Å². The molecule has 1 atom stereocenters. The number of pyridine rings is 1. The molecule has 25 heavy (non-hydrogen) atoms. The van der Waals surface area contributed by atoms with E-state index in [9.17, 15) is 9.59 Å². The number of para-hydroxylation sites is 1. The standard InChI is InChI=1S/C19H21N3O2S/c1-3-13(2)21-17(23)10-12-22-15-8-4-5-9-16(15)25-18-14(19(22)24)7-6-11-20-18/h4-9,11,13H,3,10,12H2,1-2H3,(H,21,23)/t13-/m1/s1. The lowest BCUT2D eigenvalue weighted by Crippen LogP contribution is -2.37. The number of hydrogen-bond donors (Lipinski definition) is 1. The first kappa shape index (κ1) is 17.5. The summed E-state index contributed by atoms with van der Waals surface area (Å²) in [5.41, 5.74) is 1.40. The molecular formula is C19H21N3O2S. The molecule has 130 valence electrons. The van der Waals surface area contributed by atoms with Gasteiger partial charge in [-0.2, -0.15) is 0 Å². The van der Waals surface area contributed by atoms with Crippen LogP contribution in [0.5, 0.6) is 0 Å². The molecule has 1 aromatic heterocycles. The first-order chi connectivity index (χ1) is 12.1. The normalized spacial score (nSPS) is 14.3. The van der Waals surface area contributed by atoms with Gasteiger partial charge in [0, 0.05) is 30.1 Å². The van der Waals surface area contributed by atoms with Gasteiger partial charge in [0.25, 0.3) is 5.91 Å². The molecule has 0 bridgehead atoms. The lowest BCUT2D eigenvalue weighted by Gasteiger charge is -2.23. The first-order valence-corrected chi connectivity index (χ1v) is 9.25. The van der Waals surface area contributed by atoms with Crippen molar-refractivity contribution in [2.24, 2.45) is 0 Å². The van der Waals surface area contributed by atoms with Gasteiger partial charge in [0.1, 0.15) is 5.03 Å². The summed E-state index contributed by atoms with van der Waals surface area (Å²) in [6.45, 7) is 4.34. The Hall–Kier alpha value is -2.34. The fourth-order valence-corrected chi connectivity index (χ4v) is 3.66. The number of amides is 2. The van der Waals surface area contributed by atoms with Crippen molar-refractivity contribution in [1.82, 2.24) is 10.3 Å². The Kier molecular flexibility index (Phi) is 5.38. The van der Waals surface area contributed by atoms with E-state index in [4.69, 9.17) is 0 Å². The second kappa shape index (κ2) is 7.70. The molecule has 0 aliphatic carbocycles. The van der Waals surface area contributed by atoms with Crippen molar-refractivity contribution < 1.29 is 9.59 Å². The van der Waals surface area contributed by atoms with Gasteiger partial charge in [0.15, 0.2) is 0 Å². The molecule has 1 aliphatic heterocycles. The van der Waals surface area contributed by atoms with Gasteiger partial charge in [-0.3, -0.25) is 9.59 Å². The van der Waals surface area contributed by atoms with Crippen LogP contribution < -0.4 is 10.2 Å². The van der Waals surface area contributed by atoms with Crippen LogP contribution in [0.3, 0.4) is 0 Å². The molecule has 2 heterocycles. The van der Waals surface area contributed by atoms with Crippen LogP contribution in [0.25, 0.3) is 0 Å². The first-order valence-electron chi connectivity index (χ1n) is 8.43. The van der Waals surface area contributed by atoms with Crippen LogP contribution in [0.15, 0.2) is 52.5 Å². The van der Waals surface area contributed by atoms with Gasteiger partial charge in [-0.25, -0.2) is 4.98 Å². The highest BCUT2D eigenvalue weighted by molar-refractivity contribution is 7.99. The van der Waals surface area contributed by atoms with Gasteiger partial charge < -0.3 is 10.2 Å². The molecule has 6 heteroatoms. The Morgan fingerprint density at radius 3 is 2.88 bits per heavy atom. The Morgan fingerprint density at radius 1 is 1.28 bits per heavy atom. The van der Waals surface area contributed by atoms with Crippen LogP contribution in [0.1, 0.15) is 37.0 Å². The molecule has 2 amide bonds. The summed E-state index contributed by atoms with van der Waals surface area (Å²) in [5.74, 6) is -0.153. The van der Waals surface area contributed by atoms with Crippen molar-refractivity contribution in [3.8, 4) is 0 Å². The van der Waals surface area contributed by atoms with Crippen LogP contribution in [0, 0.1) is 0 Å². The lowest BCUT2D eigenvalue weighted by molar-refractivity contribution is -0.121. The predicted octanol–water partition coefficient (Wildman–Crippen LogP) is 3.50. The maximum absolute atomic E-state index is 13.0. The van der Waals surface area contributed by atoms with Crippen molar-refractivity contribution in [3.05, 3.63) is 48.2 Å². The number of aromatic nitrogens is 1. The third kappa shape index (κ3) is 3.85. The summed E-state index contributed by atoms with van der Waals surface area (Å²) in [7, 11) is 0. The molecular weight excluding hydrogens is 334 g/mol. The molecule has 0 spiro atoms. The molecule has 2 aromatic rings. The summed E-state index contributed by atoms with van der Waals surface area (Å²) in [6.07, 6.45) is 2.84. The quantitative estimate of drug-likeness (QED) is 0.892. The van der Waals surface area contributed by atoms with Gasteiger partial charge in [-0.15, -0.1) is 0 Å². The molecule has 1 aliphatic rings. The minimum atomic E-state index is -0.114. The van der Waals surface area contributed by atoms with E-state index in [1.165, 1.54) is 11.8 Å². The van der Waals surface area contributed by atoms with Crippen molar-refractivity contribution in [1.29, 1.82) is 0 Å². The highest BCUT2D eigenvalue weighted by Gasteiger charge is 2.28. The van der Waals surface area contributed by atoms with Gasteiger partial charge in [0.05, 0.1) is 11.3 Å². The molecule has 0 saturated carbocycles. The Balaban J connectivity index is 1.86. The van der Waals surface area contributed by atoms with Crippen LogP contribution in [-0.4, -0.2) is 29.4 Å². The average molecular weight is 355 g/mol. The summed E-state index contributed by atoms with van der Waals surface area (Å²) in [4.78, 5) is 32.2. The number of rotatable bonds is 5. The van der Waals surface area contributed by atoms with Gasteiger partial charge in [0.2, 0.25) is 5.91 Å². The summed E-state index contributed by atoms with van der Waals surface area (Å²) < 4.78 is 0. The number of anilines is 1. The van der Waals surface area contributed by atoms with E-state index < -0.39 is 0 Å². The van der Waals surface area contributed by atoms with Crippen molar-refractivity contribution >= 4 is 29.3 Å². The van der Waals surface area contributed by atoms with E-state index in [1.807, 2.05) is 38.1 Å². The Bertz CT molecular complexity index is 794. The van der Waals surface area contributed by atoms with E-state index >= 15 is 0 Å². The fourth-order valence-electron chi connectivity index (χ4n) is 2.64. The predicted molar refractivity (Wildman–Crippen MR) is 99.0 cm³/mol. The molecule has 5 nitrogen and oxygen atoms in total. The fraction of sp³-hybridized carbons (Fsp3) is 0.316. The van der Waals surface area contributed by atoms with Crippen molar-refractivity contribution in [2.75, 3.05) is 11.4 Å². The zero-order valence-corrected chi connectivity index (χ0v) is 15.2. The summed E-state index contributed by atoms with van der Waals surface area (Å²) in [5, 5.41) is 3.65. The third-order valence-corrected chi connectivity index (χ3v) is 5.28. The molecule has 0 fully saturated rings. The van der Waals surface area contributed by atoms with Crippen molar-refractivity contribution in [3.63, 3.8) is 0 Å². The van der Waals surface area contributed by atoms with E-state index in [0.29, 0.717) is 17.1 Å². The second-order valence-electron chi connectivity index (χ2n) is 6.01. The van der Waals surface area contributed by atoms with E-state index in [-0.39, 0.29) is 24.3 Å². The molecule has 0 radical (unpaired) electrons. The van der Waals surface area contributed by atoms with Gasteiger partial charge in [-0.05, 0) is 37.6 Å². The Labute approximate surface area is 151 Å². The lowest BCUT2D eigenvalue weighted by atomic mass is 10.2. The minimum absolute atomic E-state index is 0.0389. The summed E-state index contributed by atoms with van der Waals surface area (Å²) >= 11 is 1.49.